The molecule has 1 atom stereocenters. The summed E-state index contributed by atoms with van der Waals surface area (Å²) in [5, 5.41) is 0. The Morgan fingerprint density at radius 2 is 1.20 bits per heavy atom. The Balaban J connectivity index is 0.000000661. The number of aryl methyl sites for hydroxylation is 1. The maximum absolute atomic E-state index is 11.8. The van der Waals surface area contributed by atoms with Crippen LogP contribution in [0, 0.1) is 30.6 Å². The number of carbonyl (C=O) groups is 5. The standard InChI is InChI=1S/C15H26O3.C15H20O2/c1-10(2)14(12(5)16)9-13(17)7-6-8-15(18)11(3)4;1-11(2)15(17)9-8-14(16)10-13-6-4-12(3)5-7-13/h10-11,14H,6-9H2,1-5H3;4-7,11H,8-10H2,1-3H3/t14-;/m0./s1. The van der Waals surface area contributed by atoms with E-state index in [1.54, 1.807) is 6.92 Å². The number of rotatable bonds is 15. The predicted octanol–water partition coefficient (Wildman–Crippen LogP) is 6.31. The summed E-state index contributed by atoms with van der Waals surface area (Å²) < 4.78 is 0. The molecule has 0 saturated heterocycles. The summed E-state index contributed by atoms with van der Waals surface area (Å²) >= 11 is 0. The van der Waals surface area contributed by atoms with Crippen LogP contribution >= 0.6 is 0 Å². The van der Waals surface area contributed by atoms with Gasteiger partial charge in [0.15, 0.2) is 0 Å². The van der Waals surface area contributed by atoms with E-state index in [4.69, 9.17) is 0 Å². The van der Waals surface area contributed by atoms with Crippen molar-refractivity contribution in [1.29, 1.82) is 0 Å². The first-order chi connectivity index (χ1) is 16.2. The van der Waals surface area contributed by atoms with Crippen molar-refractivity contribution in [2.75, 3.05) is 0 Å². The first-order valence-electron chi connectivity index (χ1n) is 12.9. The molecule has 0 heterocycles. The van der Waals surface area contributed by atoms with E-state index in [1.807, 2.05) is 72.7 Å². The molecule has 5 heteroatoms. The van der Waals surface area contributed by atoms with Crippen molar-refractivity contribution in [3.05, 3.63) is 35.4 Å². The van der Waals surface area contributed by atoms with Crippen LogP contribution in [0.2, 0.25) is 0 Å². The van der Waals surface area contributed by atoms with Gasteiger partial charge < -0.3 is 0 Å². The van der Waals surface area contributed by atoms with Gasteiger partial charge in [0.25, 0.3) is 0 Å². The minimum absolute atomic E-state index is 0.0298. The number of hydrogen-bond acceptors (Lipinski definition) is 5. The summed E-state index contributed by atoms with van der Waals surface area (Å²) in [6.45, 7) is 15.0. The maximum atomic E-state index is 11.8. The molecule has 0 N–H and O–H groups in total. The van der Waals surface area contributed by atoms with Crippen LogP contribution in [0.4, 0.5) is 0 Å². The third-order valence-electron chi connectivity index (χ3n) is 6.11. The molecule has 0 bridgehead atoms. The van der Waals surface area contributed by atoms with Crippen molar-refractivity contribution >= 4 is 28.9 Å². The van der Waals surface area contributed by atoms with Gasteiger partial charge in [0.2, 0.25) is 0 Å². The Labute approximate surface area is 212 Å². The number of carbonyl (C=O) groups excluding carboxylic acids is 5. The van der Waals surface area contributed by atoms with Crippen LogP contribution in [-0.2, 0) is 30.4 Å². The van der Waals surface area contributed by atoms with E-state index in [9.17, 15) is 24.0 Å². The molecule has 0 unspecified atom stereocenters. The van der Waals surface area contributed by atoms with Gasteiger partial charge in [-0.3, -0.25) is 24.0 Å². The van der Waals surface area contributed by atoms with Gasteiger partial charge >= 0.3 is 0 Å². The largest absolute Gasteiger partial charge is 0.300 e. The van der Waals surface area contributed by atoms with Crippen LogP contribution in [0.3, 0.4) is 0 Å². The highest BCUT2D eigenvalue weighted by atomic mass is 16.1. The molecule has 0 spiro atoms. The normalized spacial score (nSPS) is 11.7. The van der Waals surface area contributed by atoms with Gasteiger partial charge in [-0.05, 0) is 31.7 Å². The lowest BCUT2D eigenvalue weighted by atomic mass is 9.86. The molecule has 1 rings (SSSR count). The molecule has 0 saturated carbocycles. The Kier molecular flexibility index (Phi) is 15.9. The van der Waals surface area contributed by atoms with Gasteiger partial charge in [-0.1, -0.05) is 71.4 Å². The second-order valence-corrected chi connectivity index (χ2v) is 10.5. The fourth-order valence-corrected chi connectivity index (χ4v) is 3.52. The van der Waals surface area contributed by atoms with Crippen molar-refractivity contribution in [1.82, 2.24) is 0 Å². The first-order valence-corrected chi connectivity index (χ1v) is 12.9. The summed E-state index contributed by atoms with van der Waals surface area (Å²) in [7, 11) is 0. The molecular formula is C30H46O5. The molecule has 0 aliphatic rings. The van der Waals surface area contributed by atoms with E-state index < -0.39 is 0 Å². The van der Waals surface area contributed by atoms with Gasteiger partial charge in [0, 0.05) is 56.3 Å². The average molecular weight is 487 g/mol. The molecule has 0 aliphatic carbocycles. The molecule has 0 fully saturated rings. The van der Waals surface area contributed by atoms with Gasteiger partial charge in [-0.2, -0.15) is 0 Å². The number of benzene rings is 1. The smallest absolute Gasteiger partial charge is 0.137 e. The molecule has 0 amide bonds. The Morgan fingerprint density at radius 3 is 1.66 bits per heavy atom. The average Bonchev–Trinajstić information content (AvgIpc) is 2.77. The molecule has 0 radical (unpaired) electrons. The van der Waals surface area contributed by atoms with Crippen molar-refractivity contribution in [3.63, 3.8) is 0 Å². The molecule has 1 aromatic carbocycles. The fourth-order valence-electron chi connectivity index (χ4n) is 3.52. The minimum atomic E-state index is -0.168. The van der Waals surface area contributed by atoms with Crippen LogP contribution in [0.1, 0.15) is 98.1 Å². The van der Waals surface area contributed by atoms with Crippen LogP contribution in [-0.4, -0.2) is 28.9 Å². The topological polar surface area (TPSA) is 85.3 Å². The van der Waals surface area contributed by atoms with E-state index in [0.29, 0.717) is 44.9 Å². The fraction of sp³-hybridized carbons (Fsp3) is 0.633. The van der Waals surface area contributed by atoms with E-state index in [1.165, 1.54) is 5.56 Å². The summed E-state index contributed by atoms with van der Waals surface area (Å²) in [6, 6.07) is 7.94. The Morgan fingerprint density at radius 1 is 0.686 bits per heavy atom. The van der Waals surface area contributed by atoms with Gasteiger partial charge in [-0.15, -0.1) is 0 Å². The lowest BCUT2D eigenvalue weighted by Gasteiger charge is -2.16. The van der Waals surface area contributed by atoms with Gasteiger partial charge in [0.05, 0.1) is 0 Å². The lowest BCUT2D eigenvalue weighted by molar-refractivity contribution is -0.128. The van der Waals surface area contributed by atoms with Crippen molar-refractivity contribution in [2.24, 2.45) is 23.7 Å². The zero-order chi connectivity index (χ0) is 27.1. The second kappa shape index (κ2) is 17.1. The highest BCUT2D eigenvalue weighted by Gasteiger charge is 2.21. The summed E-state index contributed by atoms with van der Waals surface area (Å²) in [4.78, 5) is 57.6. The Hall–Kier alpha value is -2.43. The third-order valence-corrected chi connectivity index (χ3v) is 6.11. The van der Waals surface area contributed by atoms with Crippen LogP contribution in [0.25, 0.3) is 0 Å². The van der Waals surface area contributed by atoms with Crippen LogP contribution in [0.5, 0.6) is 0 Å². The highest BCUT2D eigenvalue weighted by Crippen LogP contribution is 2.18. The third kappa shape index (κ3) is 15.2. The quantitative estimate of drug-likeness (QED) is 0.290. The minimum Gasteiger partial charge on any atom is -0.300 e. The van der Waals surface area contributed by atoms with Crippen molar-refractivity contribution in [2.45, 2.75) is 100 Å². The molecule has 196 valence electrons. The molecule has 1 aromatic rings. The van der Waals surface area contributed by atoms with E-state index >= 15 is 0 Å². The van der Waals surface area contributed by atoms with E-state index in [0.717, 1.165) is 5.56 Å². The second-order valence-electron chi connectivity index (χ2n) is 10.5. The SMILES string of the molecule is CC(=O)[C@@H](CC(=O)CCCC(=O)C(C)C)C(C)C.Cc1ccc(CC(=O)CCC(=O)C(C)C)cc1. The van der Waals surface area contributed by atoms with E-state index in [2.05, 4.69) is 0 Å². The summed E-state index contributed by atoms with van der Waals surface area (Å²) in [6.07, 6.45) is 2.99. The Bertz CT molecular complexity index is 831. The van der Waals surface area contributed by atoms with Crippen LogP contribution in [0.15, 0.2) is 24.3 Å². The van der Waals surface area contributed by atoms with Gasteiger partial charge in [0.1, 0.15) is 28.9 Å². The molecular weight excluding hydrogens is 440 g/mol. The lowest BCUT2D eigenvalue weighted by Crippen LogP contribution is -2.21. The monoisotopic (exact) mass is 486 g/mol. The molecule has 35 heavy (non-hydrogen) atoms. The predicted molar refractivity (Wildman–Crippen MR) is 141 cm³/mol. The van der Waals surface area contributed by atoms with Crippen molar-refractivity contribution in [3.8, 4) is 0 Å². The molecule has 0 aromatic heterocycles. The number of Topliss-reactive ketones (excluding diaryl/α,β-unsaturated/α-hetero) is 5. The number of hydrogen-bond donors (Lipinski definition) is 0. The maximum Gasteiger partial charge on any atom is 0.137 e. The van der Waals surface area contributed by atoms with Crippen LogP contribution < -0.4 is 0 Å². The molecule has 5 nitrogen and oxygen atoms in total. The van der Waals surface area contributed by atoms with Crippen molar-refractivity contribution < 1.29 is 24.0 Å². The first kappa shape index (κ1) is 32.6. The summed E-state index contributed by atoms with van der Waals surface area (Å²) in [5.74, 6) is 0.793. The summed E-state index contributed by atoms with van der Waals surface area (Å²) in [5.41, 5.74) is 2.22. The number of ketones is 5. The van der Waals surface area contributed by atoms with Gasteiger partial charge in [-0.25, -0.2) is 0 Å². The highest BCUT2D eigenvalue weighted by molar-refractivity contribution is 5.88. The zero-order valence-electron chi connectivity index (χ0n) is 23.1. The van der Waals surface area contributed by atoms with E-state index in [-0.39, 0.29) is 52.6 Å². The zero-order valence-corrected chi connectivity index (χ0v) is 23.1. The molecule has 0 aliphatic heterocycles.